The Hall–Kier alpha value is -0.770. The highest BCUT2D eigenvalue weighted by Crippen LogP contribution is 2.13. The van der Waals surface area contributed by atoms with Crippen molar-refractivity contribution in [2.45, 2.75) is 63.3 Å². The fourth-order valence-corrected chi connectivity index (χ4v) is 2.76. The number of nitrogens with one attached hydrogen (secondary N) is 1. The SMILES string of the molecule is CCCCCCC[C@@H](Cl)C(=O)N[C@H](CO)Cc1ccc(Cl)cc1. The lowest BCUT2D eigenvalue weighted by atomic mass is 10.1. The zero-order valence-corrected chi connectivity index (χ0v) is 15.2. The molecule has 0 aliphatic carbocycles. The number of benzene rings is 1. The first-order valence-corrected chi connectivity index (χ1v) is 9.18. The van der Waals surface area contributed by atoms with Gasteiger partial charge in [-0.25, -0.2) is 0 Å². The lowest BCUT2D eigenvalue weighted by Gasteiger charge is -2.18. The molecule has 1 aromatic carbocycles. The molecule has 0 saturated carbocycles. The van der Waals surface area contributed by atoms with Crippen molar-refractivity contribution < 1.29 is 9.90 Å². The van der Waals surface area contributed by atoms with Crippen LogP contribution in [0.3, 0.4) is 0 Å². The molecular formula is C18H27Cl2NO2. The second-order valence-electron chi connectivity index (χ2n) is 5.89. The summed E-state index contributed by atoms with van der Waals surface area (Å²) in [4.78, 5) is 12.1. The Morgan fingerprint density at radius 3 is 2.43 bits per heavy atom. The zero-order valence-electron chi connectivity index (χ0n) is 13.7. The monoisotopic (exact) mass is 359 g/mol. The normalized spacial score (nSPS) is 13.6. The molecule has 0 radical (unpaired) electrons. The Balaban J connectivity index is 2.35. The highest BCUT2D eigenvalue weighted by molar-refractivity contribution is 6.31. The first-order chi connectivity index (χ1) is 11.1. The Morgan fingerprint density at radius 2 is 1.83 bits per heavy atom. The van der Waals surface area contributed by atoms with Crippen LogP contribution in [0.4, 0.5) is 0 Å². The van der Waals surface area contributed by atoms with E-state index in [4.69, 9.17) is 23.2 Å². The van der Waals surface area contributed by atoms with Crippen LogP contribution in [-0.4, -0.2) is 29.0 Å². The molecule has 2 atom stereocenters. The number of alkyl halides is 1. The molecule has 1 rings (SSSR count). The van der Waals surface area contributed by atoms with Gasteiger partial charge in [-0.05, 0) is 30.5 Å². The maximum Gasteiger partial charge on any atom is 0.238 e. The molecule has 0 spiro atoms. The van der Waals surface area contributed by atoms with E-state index >= 15 is 0 Å². The van der Waals surface area contributed by atoms with E-state index in [1.165, 1.54) is 19.3 Å². The van der Waals surface area contributed by atoms with Crippen molar-refractivity contribution in [3.05, 3.63) is 34.9 Å². The van der Waals surface area contributed by atoms with Gasteiger partial charge in [0.2, 0.25) is 5.91 Å². The van der Waals surface area contributed by atoms with Gasteiger partial charge < -0.3 is 10.4 Å². The van der Waals surface area contributed by atoms with E-state index in [9.17, 15) is 9.90 Å². The van der Waals surface area contributed by atoms with Crippen LogP contribution in [0.15, 0.2) is 24.3 Å². The highest BCUT2D eigenvalue weighted by atomic mass is 35.5. The Morgan fingerprint density at radius 1 is 1.17 bits per heavy atom. The molecule has 0 aliphatic heterocycles. The van der Waals surface area contributed by atoms with Crippen LogP contribution < -0.4 is 5.32 Å². The number of amides is 1. The minimum absolute atomic E-state index is 0.117. The fraction of sp³-hybridized carbons (Fsp3) is 0.611. The van der Waals surface area contributed by atoms with Gasteiger partial charge in [0.25, 0.3) is 0 Å². The Kier molecular flexibility index (Phi) is 10.3. The van der Waals surface area contributed by atoms with E-state index in [0.29, 0.717) is 17.9 Å². The third kappa shape index (κ3) is 8.59. The second kappa shape index (κ2) is 11.7. The molecule has 0 aliphatic rings. The maximum absolute atomic E-state index is 12.1. The van der Waals surface area contributed by atoms with E-state index in [1.807, 2.05) is 12.1 Å². The summed E-state index contributed by atoms with van der Waals surface area (Å²) < 4.78 is 0. The van der Waals surface area contributed by atoms with Gasteiger partial charge in [-0.2, -0.15) is 0 Å². The van der Waals surface area contributed by atoms with Crippen molar-refractivity contribution >= 4 is 29.1 Å². The van der Waals surface area contributed by atoms with Crippen LogP contribution in [0.1, 0.15) is 51.0 Å². The van der Waals surface area contributed by atoms with Crippen molar-refractivity contribution in [2.75, 3.05) is 6.61 Å². The summed E-state index contributed by atoms with van der Waals surface area (Å²) in [5.41, 5.74) is 1.01. The van der Waals surface area contributed by atoms with Crippen LogP contribution in [0.25, 0.3) is 0 Å². The van der Waals surface area contributed by atoms with E-state index in [-0.39, 0.29) is 18.6 Å². The van der Waals surface area contributed by atoms with Crippen LogP contribution in [-0.2, 0) is 11.2 Å². The molecule has 0 bridgehead atoms. The number of carbonyl (C=O) groups is 1. The minimum Gasteiger partial charge on any atom is -0.394 e. The molecule has 130 valence electrons. The molecule has 23 heavy (non-hydrogen) atoms. The predicted octanol–water partition coefficient (Wildman–Crippen LogP) is 4.33. The summed E-state index contributed by atoms with van der Waals surface area (Å²) in [5, 5.41) is 12.4. The molecule has 0 aromatic heterocycles. The lowest BCUT2D eigenvalue weighted by Crippen LogP contribution is -2.42. The van der Waals surface area contributed by atoms with Crippen LogP contribution >= 0.6 is 23.2 Å². The number of rotatable bonds is 11. The highest BCUT2D eigenvalue weighted by Gasteiger charge is 2.19. The summed E-state index contributed by atoms with van der Waals surface area (Å²) in [6.07, 6.45) is 6.93. The quantitative estimate of drug-likeness (QED) is 0.456. The minimum atomic E-state index is -0.532. The zero-order chi connectivity index (χ0) is 17.1. The maximum atomic E-state index is 12.1. The predicted molar refractivity (Wildman–Crippen MR) is 97.2 cm³/mol. The number of carbonyl (C=O) groups excluding carboxylic acids is 1. The van der Waals surface area contributed by atoms with Gasteiger partial charge in [0.1, 0.15) is 5.38 Å². The van der Waals surface area contributed by atoms with E-state index in [0.717, 1.165) is 18.4 Å². The molecule has 0 saturated heterocycles. The standard InChI is InChI=1S/C18H27Cl2NO2/c1-2-3-4-5-6-7-17(20)18(23)21-16(13-22)12-14-8-10-15(19)11-9-14/h8-11,16-17,22H,2-7,12-13H2,1H3,(H,21,23)/t16-,17+/m0/s1. The summed E-state index contributed by atoms with van der Waals surface area (Å²) in [7, 11) is 0. The summed E-state index contributed by atoms with van der Waals surface area (Å²) in [5.74, 6) is -0.199. The second-order valence-corrected chi connectivity index (χ2v) is 6.85. The molecule has 0 fully saturated rings. The molecule has 2 N–H and O–H groups in total. The number of hydrogen-bond acceptors (Lipinski definition) is 2. The van der Waals surface area contributed by atoms with Crippen LogP contribution in [0, 0.1) is 0 Å². The van der Waals surface area contributed by atoms with Crippen molar-refractivity contribution in [3.8, 4) is 0 Å². The first kappa shape index (κ1) is 20.3. The third-order valence-electron chi connectivity index (χ3n) is 3.81. The van der Waals surface area contributed by atoms with E-state index in [1.54, 1.807) is 12.1 Å². The fourth-order valence-electron chi connectivity index (χ4n) is 2.42. The molecule has 1 amide bonds. The van der Waals surface area contributed by atoms with Crippen LogP contribution in [0.2, 0.25) is 5.02 Å². The topological polar surface area (TPSA) is 49.3 Å². The Bertz CT molecular complexity index is 451. The molecular weight excluding hydrogens is 333 g/mol. The van der Waals surface area contributed by atoms with Gasteiger partial charge in [0.05, 0.1) is 12.6 Å². The van der Waals surface area contributed by atoms with Crippen LogP contribution in [0.5, 0.6) is 0 Å². The number of aliphatic hydroxyl groups excluding tert-OH is 1. The molecule has 1 aromatic rings. The first-order valence-electron chi connectivity index (χ1n) is 8.36. The summed E-state index contributed by atoms with van der Waals surface area (Å²) >= 11 is 12.0. The average molecular weight is 360 g/mol. The van der Waals surface area contributed by atoms with Crippen molar-refractivity contribution in [2.24, 2.45) is 0 Å². The molecule has 3 nitrogen and oxygen atoms in total. The van der Waals surface area contributed by atoms with Gasteiger partial charge in [0, 0.05) is 5.02 Å². The number of halogens is 2. The van der Waals surface area contributed by atoms with Gasteiger partial charge in [-0.3, -0.25) is 4.79 Å². The number of hydrogen-bond donors (Lipinski definition) is 2. The van der Waals surface area contributed by atoms with Gasteiger partial charge in [-0.1, -0.05) is 62.8 Å². The Labute approximate surface area is 149 Å². The van der Waals surface area contributed by atoms with E-state index in [2.05, 4.69) is 12.2 Å². The summed E-state index contributed by atoms with van der Waals surface area (Å²) in [6, 6.07) is 7.05. The van der Waals surface area contributed by atoms with Crippen molar-refractivity contribution in [1.29, 1.82) is 0 Å². The molecule has 0 heterocycles. The summed E-state index contributed by atoms with van der Waals surface area (Å²) in [6.45, 7) is 2.06. The molecule has 5 heteroatoms. The van der Waals surface area contributed by atoms with Gasteiger partial charge in [-0.15, -0.1) is 11.6 Å². The number of unbranched alkanes of at least 4 members (excludes halogenated alkanes) is 4. The third-order valence-corrected chi connectivity index (χ3v) is 4.48. The average Bonchev–Trinajstić information content (AvgIpc) is 2.55. The number of aliphatic hydroxyl groups is 1. The largest absolute Gasteiger partial charge is 0.394 e. The van der Waals surface area contributed by atoms with Crippen molar-refractivity contribution in [1.82, 2.24) is 5.32 Å². The van der Waals surface area contributed by atoms with Crippen molar-refractivity contribution in [3.63, 3.8) is 0 Å². The van der Waals surface area contributed by atoms with E-state index < -0.39 is 5.38 Å². The lowest BCUT2D eigenvalue weighted by molar-refractivity contribution is -0.121. The van der Waals surface area contributed by atoms with Gasteiger partial charge in [0.15, 0.2) is 0 Å². The van der Waals surface area contributed by atoms with Gasteiger partial charge >= 0.3 is 0 Å². The molecule has 0 unspecified atom stereocenters. The smallest absolute Gasteiger partial charge is 0.238 e.